The Balaban J connectivity index is 1.72. The third-order valence-corrected chi connectivity index (χ3v) is 7.10. The van der Waals surface area contributed by atoms with E-state index in [-0.39, 0.29) is 18.3 Å². The van der Waals surface area contributed by atoms with Crippen molar-refractivity contribution in [2.45, 2.75) is 31.9 Å². The number of hydrogen-bond acceptors (Lipinski definition) is 5. The van der Waals surface area contributed by atoms with E-state index in [1.165, 1.54) is 12.1 Å². The summed E-state index contributed by atoms with van der Waals surface area (Å²) in [6.45, 7) is 4.85. The maximum atomic E-state index is 13.9. The van der Waals surface area contributed by atoms with Gasteiger partial charge in [-0.3, -0.25) is 9.79 Å². The van der Waals surface area contributed by atoms with E-state index in [4.69, 9.17) is 9.84 Å². The lowest BCUT2D eigenvalue weighted by atomic mass is 9.84. The van der Waals surface area contributed by atoms with Crippen molar-refractivity contribution in [1.29, 1.82) is 0 Å². The summed E-state index contributed by atoms with van der Waals surface area (Å²) in [5.74, 6) is -0.640. The number of nitrogens with zero attached hydrogens (tertiary/aromatic N) is 2. The van der Waals surface area contributed by atoms with Crippen LogP contribution in [0.2, 0.25) is 0 Å². The maximum Gasteiger partial charge on any atom is 0.251 e. The van der Waals surface area contributed by atoms with E-state index in [2.05, 4.69) is 40.9 Å². The molecule has 3 aromatic carbocycles. The zero-order valence-electron chi connectivity index (χ0n) is 22.2. The molecule has 4 aromatic rings. The number of benzene rings is 3. The van der Waals surface area contributed by atoms with Gasteiger partial charge >= 0.3 is 0 Å². The van der Waals surface area contributed by atoms with Gasteiger partial charge in [0.1, 0.15) is 5.82 Å². The van der Waals surface area contributed by atoms with Crippen LogP contribution in [0.5, 0.6) is 0 Å². The molecule has 3 N–H and O–H groups in total. The van der Waals surface area contributed by atoms with Crippen LogP contribution in [-0.2, 0) is 16.7 Å². The number of halogens is 1. The van der Waals surface area contributed by atoms with Crippen molar-refractivity contribution in [3.63, 3.8) is 0 Å². The molecule has 0 radical (unpaired) electrons. The van der Waals surface area contributed by atoms with Crippen molar-refractivity contribution in [3.05, 3.63) is 88.9 Å². The largest absolute Gasteiger partial charge is 0.394 e. The molecule has 1 aromatic heterocycles. The minimum absolute atomic E-state index is 0.0369. The molecule has 1 amide bonds. The molecule has 2 heterocycles. The van der Waals surface area contributed by atoms with Crippen LogP contribution in [0.15, 0.2) is 65.7 Å². The number of fused-ring (bicyclic) bond motifs is 2. The number of ether oxygens (including phenoxy) is 1. The molecular weight excluding hydrogens is 497 g/mol. The molecule has 39 heavy (non-hydrogen) atoms. The molecule has 0 spiro atoms. The summed E-state index contributed by atoms with van der Waals surface area (Å²) in [6.07, 6.45) is 0.875. The van der Waals surface area contributed by atoms with Gasteiger partial charge in [0.05, 0.1) is 31.4 Å². The molecule has 8 heteroatoms. The van der Waals surface area contributed by atoms with Crippen LogP contribution in [0.3, 0.4) is 0 Å². The maximum absolute atomic E-state index is 13.9. The first kappa shape index (κ1) is 26.7. The second-order valence-electron chi connectivity index (χ2n) is 10.5. The van der Waals surface area contributed by atoms with E-state index in [0.29, 0.717) is 18.7 Å². The topological polar surface area (TPSA) is 96.1 Å². The summed E-state index contributed by atoms with van der Waals surface area (Å²) >= 11 is 0. The van der Waals surface area contributed by atoms with Crippen LogP contribution in [0.1, 0.15) is 41.0 Å². The molecule has 5 rings (SSSR count). The number of carbonyl (C=O) groups is 1. The Bertz CT molecular complexity index is 1540. The summed E-state index contributed by atoms with van der Waals surface area (Å²) in [7, 11) is 1.68. The van der Waals surface area contributed by atoms with Crippen molar-refractivity contribution in [2.75, 3.05) is 26.9 Å². The molecule has 1 unspecified atom stereocenters. The molecule has 1 atom stereocenters. The number of nitrogens with one attached hydrogen (secondary N) is 1. The summed E-state index contributed by atoms with van der Waals surface area (Å²) in [4.78, 5) is 17.1. The normalized spacial score (nSPS) is 13.6. The Labute approximate surface area is 226 Å². The highest BCUT2D eigenvalue weighted by molar-refractivity contribution is 6.04. The zero-order chi connectivity index (χ0) is 27.7. The average Bonchev–Trinajstić information content (AvgIpc) is 3.53. The second-order valence-corrected chi connectivity index (χ2v) is 10.5. The average molecular weight is 530 g/mol. The van der Waals surface area contributed by atoms with Crippen molar-refractivity contribution in [2.24, 2.45) is 4.99 Å². The molecule has 0 fully saturated rings. The van der Waals surface area contributed by atoms with Crippen molar-refractivity contribution < 1.29 is 24.1 Å². The van der Waals surface area contributed by atoms with Crippen LogP contribution >= 0.6 is 0 Å². The van der Waals surface area contributed by atoms with Crippen LogP contribution in [0.4, 0.5) is 4.39 Å². The quantitative estimate of drug-likeness (QED) is 0.300. The predicted octanol–water partition coefficient (Wildman–Crippen LogP) is 4.38. The fraction of sp³-hybridized carbons (Fsp3) is 0.290. The van der Waals surface area contributed by atoms with Gasteiger partial charge in [0, 0.05) is 53.2 Å². The number of aliphatic imine (C=N–C) groups is 1. The summed E-state index contributed by atoms with van der Waals surface area (Å²) in [6, 6.07) is 18.1. The Kier molecular flexibility index (Phi) is 7.36. The fourth-order valence-corrected chi connectivity index (χ4v) is 5.28. The smallest absolute Gasteiger partial charge is 0.251 e. The van der Waals surface area contributed by atoms with Gasteiger partial charge in [-0.1, -0.05) is 26.0 Å². The van der Waals surface area contributed by atoms with E-state index in [1.807, 2.05) is 18.3 Å². The number of methoxy groups -OCH3 is 1. The molecule has 1 aliphatic heterocycles. The van der Waals surface area contributed by atoms with E-state index in [1.54, 1.807) is 31.4 Å². The van der Waals surface area contributed by atoms with Gasteiger partial charge < -0.3 is 24.8 Å². The Hall–Kier alpha value is -3.85. The summed E-state index contributed by atoms with van der Waals surface area (Å²) < 4.78 is 21.8. The van der Waals surface area contributed by atoms with Gasteiger partial charge in [-0.15, -0.1) is 0 Å². The number of carbonyl (C=O) groups excluding carboxylic acids is 1. The lowest BCUT2D eigenvalue weighted by Gasteiger charge is -2.28. The number of aliphatic hydroxyl groups is 2. The minimum Gasteiger partial charge on any atom is -0.394 e. The molecule has 0 saturated heterocycles. The molecule has 7 nitrogen and oxygen atoms in total. The van der Waals surface area contributed by atoms with E-state index in [9.17, 15) is 14.3 Å². The van der Waals surface area contributed by atoms with Crippen molar-refractivity contribution >= 4 is 23.0 Å². The molecule has 0 saturated carbocycles. The summed E-state index contributed by atoms with van der Waals surface area (Å²) in [5, 5.41) is 22.3. The Morgan fingerprint density at radius 1 is 1.15 bits per heavy atom. The lowest BCUT2D eigenvalue weighted by Crippen LogP contribution is -2.33. The summed E-state index contributed by atoms with van der Waals surface area (Å²) in [5.41, 5.74) is 6.94. The molecular formula is C31H32FN3O4. The molecule has 0 bridgehead atoms. The lowest BCUT2D eigenvalue weighted by molar-refractivity contribution is 0.0802. The van der Waals surface area contributed by atoms with E-state index < -0.39 is 18.1 Å². The van der Waals surface area contributed by atoms with Gasteiger partial charge in [-0.25, -0.2) is 4.39 Å². The number of aliphatic hydroxyl groups excluding tert-OH is 2. The SMILES string of the molecule is COCC(C)(C)c1c(-c2ccc(C(=O)NCC(O)CO)cc2)c2cc3c(cc2n1-c1ccc(F)cc1)C=NC3. The van der Waals surface area contributed by atoms with Crippen LogP contribution in [0.25, 0.3) is 27.7 Å². The van der Waals surface area contributed by atoms with Gasteiger partial charge in [-0.2, -0.15) is 0 Å². The minimum atomic E-state index is -1.01. The van der Waals surface area contributed by atoms with Crippen molar-refractivity contribution in [3.8, 4) is 16.8 Å². The monoisotopic (exact) mass is 529 g/mol. The Morgan fingerprint density at radius 2 is 1.87 bits per heavy atom. The first-order chi connectivity index (χ1) is 18.7. The highest BCUT2D eigenvalue weighted by Gasteiger charge is 2.32. The molecule has 202 valence electrons. The first-order valence-electron chi connectivity index (χ1n) is 12.9. The van der Waals surface area contributed by atoms with E-state index in [0.717, 1.165) is 44.5 Å². The Morgan fingerprint density at radius 3 is 2.54 bits per heavy atom. The second kappa shape index (κ2) is 10.7. The van der Waals surface area contributed by atoms with Gasteiger partial charge in [-0.05, 0) is 65.2 Å². The zero-order valence-corrected chi connectivity index (χ0v) is 22.2. The number of amides is 1. The number of rotatable bonds is 9. The van der Waals surface area contributed by atoms with Gasteiger partial charge in [0.2, 0.25) is 0 Å². The number of hydrogen-bond donors (Lipinski definition) is 3. The highest BCUT2D eigenvalue weighted by atomic mass is 19.1. The van der Waals surface area contributed by atoms with Crippen LogP contribution < -0.4 is 5.32 Å². The predicted molar refractivity (Wildman–Crippen MR) is 150 cm³/mol. The third kappa shape index (κ3) is 5.11. The molecule has 1 aliphatic rings. The van der Waals surface area contributed by atoms with Gasteiger partial charge in [0.15, 0.2) is 0 Å². The van der Waals surface area contributed by atoms with Gasteiger partial charge in [0.25, 0.3) is 5.91 Å². The molecule has 0 aliphatic carbocycles. The van der Waals surface area contributed by atoms with E-state index >= 15 is 0 Å². The third-order valence-electron chi connectivity index (χ3n) is 7.10. The van der Waals surface area contributed by atoms with Crippen LogP contribution in [-0.4, -0.2) is 59.9 Å². The van der Waals surface area contributed by atoms with Crippen LogP contribution in [0, 0.1) is 5.82 Å². The first-order valence-corrected chi connectivity index (χ1v) is 12.9. The number of aromatic nitrogens is 1. The fourth-order valence-electron chi connectivity index (χ4n) is 5.28. The highest BCUT2D eigenvalue weighted by Crippen LogP contribution is 2.44. The standard InChI is InChI=1S/C31H32FN3O4/c1-31(2,18-39-3)29-28(19-4-6-20(7-5-19)30(38)34-16-25(37)17-36)26-12-21-14-33-15-22(21)13-27(26)35(29)24-10-8-23(32)9-11-24/h4-13,15,25,36-37H,14,16-18H2,1-3H3,(H,34,38). The van der Waals surface area contributed by atoms with Crippen molar-refractivity contribution in [1.82, 2.24) is 9.88 Å².